The number of hydrogen-bond donors (Lipinski definition) is 1. The van der Waals surface area contributed by atoms with Crippen molar-refractivity contribution in [1.29, 1.82) is 0 Å². The van der Waals surface area contributed by atoms with Crippen LogP contribution in [-0.4, -0.2) is 43.7 Å². The van der Waals surface area contributed by atoms with E-state index in [0.29, 0.717) is 19.2 Å². The molecule has 0 aromatic rings. The first kappa shape index (κ1) is 13.4. The molecule has 0 radical (unpaired) electrons. The monoisotopic (exact) mass is 202 g/mol. The summed E-state index contributed by atoms with van der Waals surface area (Å²) in [5.74, 6) is 0.00995. The minimum atomic E-state index is 0.00995. The summed E-state index contributed by atoms with van der Waals surface area (Å²) >= 11 is 0. The molecule has 2 N–H and O–H groups in total. The molecule has 0 aliphatic heterocycles. The lowest BCUT2D eigenvalue weighted by Gasteiger charge is -2.30. The van der Waals surface area contributed by atoms with Gasteiger partial charge in [0.1, 0.15) is 0 Å². The second kappa shape index (κ2) is 7.76. The van der Waals surface area contributed by atoms with Crippen LogP contribution in [0, 0.1) is 0 Å². The Morgan fingerprint density at radius 2 is 2.00 bits per heavy atom. The maximum absolute atomic E-state index is 11.5. The smallest absolute Gasteiger partial charge is 0.236 e. The maximum atomic E-state index is 11.5. The third-order valence-electron chi connectivity index (χ3n) is 2.41. The van der Waals surface area contributed by atoms with Crippen molar-refractivity contribution in [2.24, 2.45) is 5.73 Å². The lowest BCUT2D eigenvalue weighted by molar-refractivity contribution is -0.132. The van der Waals surface area contributed by atoms with E-state index in [4.69, 9.17) is 10.5 Å². The Hall–Kier alpha value is -0.610. The van der Waals surface area contributed by atoms with Gasteiger partial charge in [-0.15, -0.1) is 0 Å². The highest BCUT2D eigenvalue weighted by molar-refractivity contribution is 5.78. The van der Waals surface area contributed by atoms with E-state index in [1.807, 2.05) is 4.90 Å². The van der Waals surface area contributed by atoms with Crippen LogP contribution in [0.15, 0.2) is 0 Å². The highest BCUT2D eigenvalue weighted by atomic mass is 16.5. The molecule has 0 spiro atoms. The van der Waals surface area contributed by atoms with Crippen molar-refractivity contribution >= 4 is 5.91 Å². The zero-order valence-corrected chi connectivity index (χ0v) is 9.45. The molecule has 0 bridgehead atoms. The quantitative estimate of drug-likeness (QED) is 0.658. The van der Waals surface area contributed by atoms with Gasteiger partial charge in [-0.3, -0.25) is 4.79 Å². The van der Waals surface area contributed by atoms with Gasteiger partial charge in [-0.25, -0.2) is 0 Å². The van der Waals surface area contributed by atoms with E-state index in [2.05, 4.69) is 13.8 Å². The van der Waals surface area contributed by atoms with E-state index in [1.54, 1.807) is 7.11 Å². The van der Waals surface area contributed by atoms with E-state index in [1.165, 1.54) is 0 Å². The van der Waals surface area contributed by atoms with Crippen molar-refractivity contribution in [2.75, 3.05) is 26.8 Å². The number of carbonyl (C=O) groups excluding carboxylic acids is 1. The van der Waals surface area contributed by atoms with Gasteiger partial charge in [0.15, 0.2) is 0 Å². The zero-order valence-electron chi connectivity index (χ0n) is 9.45. The average Bonchev–Trinajstić information content (AvgIpc) is 2.23. The van der Waals surface area contributed by atoms with Crippen LogP contribution < -0.4 is 5.73 Å². The molecule has 0 atom stereocenters. The molecule has 0 aromatic carbocycles. The van der Waals surface area contributed by atoms with Crippen molar-refractivity contribution in [3.63, 3.8) is 0 Å². The molecule has 1 amide bonds. The third kappa shape index (κ3) is 4.07. The van der Waals surface area contributed by atoms with Gasteiger partial charge in [-0.1, -0.05) is 13.8 Å². The van der Waals surface area contributed by atoms with E-state index < -0.39 is 0 Å². The Labute approximate surface area is 86.4 Å². The number of nitrogens with two attached hydrogens (primary N) is 1. The molecule has 0 unspecified atom stereocenters. The van der Waals surface area contributed by atoms with Crippen molar-refractivity contribution in [3.8, 4) is 0 Å². The SMILES string of the molecule is CCC(CC)N(CCOC)C(=O)CN. The molecule has 0 saturated carbocycles. The number of nitrogens with zero attached hydrogens (tertiary/aromatic N) is 1. The Balaban J connectivity index is 4.27. The average molecular weight is 202 g/mol. The Bertz CT molecular complexity index is 158. The number of ether oxygens (including phenoxy) is 1. The summed E-state index contributed by atoms with van der Waals surface area (Å²) in [4.78, 5) is 13.3. The van der Waals surface area contributed by atoms with E-state index >= 15 is 0 Å². The predicted octanol–water partition coefficient (Wildman–Crippen LogP) is 0.609. The standard InChI is InChI=1S/C10H22N2O2/c1-4-9(5-2)12(6-7-14-3)10(13)8-11/h9H,4-8,11H2,1-3H3. The van der Waals surface area contributed by atoms with Crippen LogP contribution >= 0.6 is 0 Å². The molecule has 0 aromatic heterocycles. The molecule has 14 heavy (non-hydrogen) atoms. The summed E-state index contributed by atoms with van der Waals surface area (Å²) in [6.45, 7) is 5.46. The van der Waals surface area contributed by atoms with E-state index in [-0.39, 0.29) is 12.5 Å². The molecule has 0 aliphatic carbocycles. The second-order valence-corrected chi connectivity index (χ2v) is 3.25. The normalized spacial score (nSPS) is 10.6. The zero-order chi connectivity index (χ0) is 11.0. The summed E-state index contributed by atoms with van der Waals surface area (Å²) < 4.78 is 4.97. The molecule has 0 saturated heterocycles. The molecule has 4 nitrogen and oxygen atoms in total. The predicted molar refractivity (Wildman–Crippen MR) is 57.0 cm³/mol. The Morgan fingerprint density at radius 1 is 1.43 bits per heavy atom. The Morgan fingerprint density at radius 3 is 2.36 bits per heavy atom. The summed E-state index contributed by atoms with van der Waals surface area (Å²) in [6.07, 6.45) is 1.93. The summed E-state index contributed by atoms with van der Waals surface area (Å²) in [6, 6.07) is 0.293. The van der Waals surface area contributed by atoms with Gasteiger partial charge in [0.2, 0.25) is 5.91 Å². The number of methoxy groups -OCH3 is 1. The van der Waals surface area contributed by atoms with Crippen molar-refractivity contribution < 1.29 is 9.53 Å². The largest absolute Gasteiger partial charge is 0.383 e. The molecule has 0 heterocycles. The molecular formula is C10H22N2O2. The molecule has 4 heteroatoms. The van der Waals surface area contributed by atoms with Crippen molar-refractivity contribution in [2.45, 2.75) is 32.7 Å². The highest BCUT2D eigenvalue weighted by Crippen LogP contribution is 2.08. The maximum Gasteiger partial charge on any atom is 0.236 e. The Kier molecular flexibility index (Phi) is 7.42. The fourth-order valence-corrected chi connectivity index (χ4v) is 1.55. The van der Waals surface area contributed by atoms with Crippen molar-refractivity contribution in [1.82, 2.24) is 4.90 Å². The van der Waals surface area contributed by atoms with Crippen LogP contribution in [-0.2, 0) is 9.53 Å². The van der Waals surface area contributed by atoms with Gasteiger partial charge in [-0.2, -0.15) is 0 Å². The molecule has 0 fully saturated rings. The van der Waals surface area contributed by atoms with Gasteiger partial charge in [-0.05, 0) is 12.8 Å². The molecule has 0 aliphatic rings. The summed E-state index contributed by atoms with van der Waals surface area (Å²) in [5, 5.41) is 0. The van der Waals surface area contributed by atoms with Gasteiger partial charge in [0.25, 0.3) is 0 Å². The fraction of sp³-hybridized carbons (Fsp3) is 0.900. The molecular weight excluding hydrogens is 180 g/mol. The van der Waals surface area contributed by atoms with Crippen molar-refractivity contribution in [3.05, 3.63) is 0 Å². The summed E-state index contributed by atoms with van der Waals surface area (Å²) in [5.41, 5.74) is 5.36. The lowest BCUT2D eigenvalue weighted by atomic mass is 10.1. The van der Waals surface area contributed by atoms with Crippen LogP contribution in [0.5, 0.6) is 0 Å². The highest BCUT2D eigenvalue weighted by Gasteiger charge is 2.18. The first-order chi connectivity index (χ1) is 6.71. The topological polar surface area (TPSA) is 55.6 Å². The lowest BCUT2D eigenvalue weighted by Crippen LogP contribution is -2.44. The van der Waals surface area contributed by atoms with Crippen LogP contribution in [0.4, 0.5) is 0 Å². The number of amides is 1. The second-order valence-electron chi connectivity index (χ2n) is 3.25. The minimum Gasteiger partial charge on any atom is -0.383 e. The van der Waals surface area contributed by atoms with Gasteiger partial charge < -0.3 is 15.4 Å². The van der Waals surface area contributed by atoms with Gasteiger partial charge >= 0.3 is 0 Å². The van der Waals surface area contributed by atoms with Crippen LogP contribution in [0.25, 0.3) is 0 Å². The number of carbonyl (C=O) groups is 1. The van der Waals surface area contributed by atoms with Crippen LogP contribution in [0.2, 0.25) is 0 Å². The third-order valence-corrected chi connectivity index (χ3v) is 2.41. The minimum absolute atomic E-state index is 0.00995. The first-order valence-electron chi connectivity index (χ1n) is 5.19. The number of hydrogen-bond acceptors (Lipinski definition) is 3. The molecule has 0 rings (SSSR count). The van der Waals surface area contributed by atoms with E-state index in [9.17, 15) is 4.79 Å². The van der Waals surface area contributed by atoms with Crippen LogP contribution in [0.1, 0.15) is 26.7 Å². The first-order valence-corrected chi connectivity index (χ1v) is 5.19. The number of rotatable bonds is 7. The fourth-order valence-electron chi connectivity index (χ4n) is 1.55. The van der Waals surface area contributed by atoms with Gasteiger partial charge in [0, 0.05) is 19.7 Å². The molecule has 84 valence electrons. The van der Waals surface area contributed by atoms with Gasteiger partial charge in [0.05, 0.1) is 13.2 Å². The van der Waals surface area contributed by atoms with E-state index in [0.717, 1.165) is 12.8 Å². The van der Waals surface area contributed by atoms with Crippen LogP contribution in [0.3, 0.4) is 0 Å². The summed E-state index contributed by atoms with van der Waals surface area (Å²) in [7, 11) is 1.64.